The second-order valence-electron chi connectivity index (χ2n) is 6.78. The van der Waals surface area contributed by atoms with E-state index in [0.29, 0.717) is 17.9 Å². The zero-order valence-electron chi connectivity index (χ0n) is 15.1. The van der Waals surface area contributed by atoms with Crippen molar-refractivity contribution in [2.24, 2.45) is 5.92 Å². The molecule has 0 fully saturated rings. The van der Waals surface area contributed by atoms with Crippen LogP contribution in [0.5, 0.6) is 5.75 Å². The molecule has 0 amide bonds. The fourth-order valence-corrected chi connectivity index (χ4v) is 3.29. The van der Waals surface area contributed by atoms with Gasteiger partial charge in [0.05, 0.1) is 13.7 Å². The molecule has 0 spiro atoms. The number of rotatable bonds is 8. The van der Waals surface area contributed by atoms with E-state index in [9.17, 15) is 0 Å². The molecule has 0 aliphatic heterocycles. The van der Waals surface area contributed by atoms with Crippen LogP contribution in [0.25, 0.3) is 0 Å². The van der Waals surface area contributed by atoms with Gasteiger partial charge in [0.1, 0.15) is 11.8 Å². The van der Waals surface area contributed by atoms with E-state index in [4.69, 9.17) is 16.3 Å². The second-order valence-corrected chi connectivity index (χ2v) is 7.21. The molecule has 0 heterocycles. The van der Waals surface area contributed by atoms with Gasteiger partial charge in [-0.25, -0.2) is 0 Å². The highest BCUT2D eigenvalue weighted by Gasteiger charge is 2.17. The van der Waals surface area contributed by atoms with Crippen LogP contribution in [-0.2, 0) is 0 Å². The Hall–Kier alpha value is -1.51. The number of ether oxygens (including phenoxy) is 1. The molecule has 0 unspecified atom stereocenters. The monoisotopic (exact) mass is 346 g/mol. The van der Waals surface area contributed by atoms with Crippen molar-refractivity contribution >= 4 is 11.6 Å². The van der Waals surface area contributed by atoms with Crippen molar-refractivity contribution in [2.75, 3.05) is 13.7 Å². The molecule has 3 heteroatoms. The van der Waals surface area contributed by atoms with E-state index in [0.717, 1.165) is 17.3 Å². The lowest BCUT2D eigenvalue weighted by Crippen LogP contribution is -2.84. The molecule has 2 aromatic carbocycles. The van der Waals surface area contributed by atoms with Gasteiger partial charge < -0.3 is 10.1 Å². The minimum Gasteiger partial charge on any atom is -0.497 e. The third kappa shape index (κ3) is 5.25. The van der Waals surface area contributed by atoms with Gasteiger partial charge in [-0.05, 0) is 48.6 Å². The van der Waals surface area contributed by atoms with Crippen LogP contribution < -0.4 is 10.1 Å². The Morgan fingerprint density at radius 1 is 0.917 bits per heavy atom. The van der Waals surface area contributed by atoms with E-state index in [2.05, 4.69) is 62.5 Å². The van der Waals surface area contributed by atoms with Crippen molar-refractivity contribution in [1.29, 1.82) is 0 Å². The number of quaternary nitrogens is 1. The minimum atomic E-state index is 0.450. The number of nitrogens with two attached hydrogens (primary N) is 1. The number of hydrogen-bond acceptors (Lipinski definition) is 1. The van der Waals surface area contributed by atoms with Crippen LogP contribution >= 0.6 is 11.6 Å². The lowest BCUT2D eigenvalue weighted by Gasteiger charge is -2.22. The third-order valence-electron chi connectivity index (χ3n) is 4.74. The van der Waals surface area contributed by atoms with Gasteiger partial charge in [0.2, 0.25) is 0 Å². The summed E-state index contributed by atoms with van der Waals surface area (Å²) >= 11 is 5.97. The molecule has 0 aromatic heterocycles. The maximum atomic E-state index is 5.97. The molecule has 0 saturated heterocycles. The molecule has 0 aliphatic carbocycles. The Labute approximate surface area is 151 Å². The maximum Gasteiger partial charge on any atom is 0.118 e. The van der Waals surface area contributed by atoms with Crippen molar-refractivity contribution in [3.63, 3.8) is 0 Å². The largest absolute Gasteiger partial charge is 0.497 e. The zero-order chi connectivity index (χ0) is 17.5. The van der Waals surface area contributed by atoms with Crippen LogP contribution in [0.15, 0.2) is 48.5 Å². The fourth-order valence-electron chi connectivity index (χ4n) is 3.16. The molecular formula is C21H29ClNO+. The zero-order valence-corrected chi connectivity index (χ0v) is 15.9. The molecule has 0 saturated carbocycles. The lowest BCUT2D eigenvalue weighted by molar-refractivity contribution is -0.693. The van der Waals surface area contributed by atoms with Gasteiger partial charge >= 0.3 is 0 Å². The lowest BCUT2D eigenvalue weighted by atomic mass is 9.85. The molecule has 24 heavy (non-hydrogen) atoms. The number of benzene rings is 2. The summed E-state index contributed by atoms with van der Waals surface area (Å²) in [5.41, 5.74) is 2.73. The summed E-state index contributed by atoms with van der Waals surface area (Å²) in [4.78, 5) is 0. The van der Waals surface area contributed by atoms with E-state index in [1.54, 1.807) is 7.11 Å². The van der Waals surface area contributed by atoms with Crippen LogP contribution in [-0.4, -0.2) is 13.7 Å². The van der Waals surface area contributed by atoms with Gasteiger partial charge in [-0.1, -0.05) is 49.7 Å². The number of methoxy groups -OCH3 is 1. The first-order valence-corrected chi connectivity index (χ1v) is 9.11. The van der Waals surface area contributed by atoms with E-state index < -0.39 is 0 Å². The summed E-state index contributed by atoms with van der Waals surface area (Å²) in [5, 5.41) is 3.22. The fraction of sp³-hybridized carbons (Fsp3) is 0.429. The highest BCUT2D eigenvalue weighted by molar-refractivity contribution is 6.30. The Morgan fingerprint density at radius 2 is 1.50 bits per heavy atom. The van der Waals surface area contributed by atoms with Gasteiger partial charge in [0, 0.05) is 17.0 Å². The van der Waals surface area contributed by atoms with Crippen molar-refractivity contribution < 1.29 is 10.1 Å². The van der Waals surface area contributed by atoms with Crippen LogP contribution in [0.4, 0.5) is 0 Å². The van der Waals surface area contributed by atoms with E-state index in [1.807, 2.05) is 12.1 Å². The third-order valence-corrected chi connectivity index (χ3v) is 4.99. The molecule has 130 valence electrons. The molecule has 2 rings (SSSR count). The summed E-state index contributed by atoms with van der Waals surface area (Å²) in [6.45, 7) is 7.97. The molecule has 0 aliphatic rings. The van der Waals surface area contributed by atoms with Gasteiger partial charge in [-0.3, -0.25) is 0 Å². The first-order chi connectivity index (χ1) is 11.5. The van der Waals surface area contributed by atoms with Crippen molar-refractivity contribution in [2.45, 2.75) is 39.2 Å². The van der Waals surface area contributed by atoms with Gasteiger partial charge in [0.25, 0.3) is 0 Å². The van der Waals surface area contributed by atoms with Crippen LogP contribution in [0.1, 0.15) is 50.3 Å². The second kappa shape index (κ2) is 9.10. The average molecular weight is 347 g/mol. The number of halogens is 1. The molecular weight excluding hydrogens is 318 g/mol. The molecule has 2 aromatic rings. The van der Waals surface area contributed by atoms with Crippen LogP contribution in [0, 0.1) is 5.92 Å². The molecule has 0 bridgehead atoms. The minimum absolute atomic E-state index is 0.450. The summed E-state index contributed by atoms with van der Waals surface area (Å²) in [6, 6.07) is 17.1. The smallest absolute Gasteiger partial charge is 0.118 e. The van der Waals surface area contributed by atoms with Crippen molar-refractivity contribution in [1.82, 2.24) is 0 Å². The summed E-state index contributed by atoms with van der Waals surface area (Å²) in [7, 11) is 1.71. The van der Waals surface area contributed by atoms with Crippen LogP contribution in [0.3, 0.4) is 0 Å². The standard InChI is InChI=1S/C21H28ClNO/c1-15(2)21(18-7-11-20(24-4)12-8-18)13-14-23-16(3)17-5-9-19(22)10-6-17/h5-12,15-16,21,23H,13-14H2,1-4H3/p+1/t16-,21-/m0/s1. The SMILES string of the molecule is COc1ccc([C@@H](CC[NH2+][C@@H](C)c2ccc(Cl)cc2)C(C)C)cc1. The first kappa shape index (κ1) is 18.8. The Bertz CT molecular complexity index is 607. The Morgan fingerprint density at radius 3 is 2.04 bits per heavy atom. The highest BCUT2D eigenvalue weighted by Crippen LogP contribution is 2.28. The number of hydrogen-bond donors (Lipinski definition) is 1. The van der Waals surface area contributed by atoms with Crippen LogP contribution in [0.2, 0.25) is 5.02 Å². The molecule has 2 atom stereocenters. The average Bonchev–Trinajstić information content (AvgIpc) is 2.59. The summed E-state index contributed by atoms with van der Waals surface area (Å²) < 4.78 is 5.26. The van der Waals surface area contributed by atoms with Gasteiger partial charge in [-0.15, -0.1) is 0 Å². The van der Waals surface area contributed by atoms with E-state index >= 15 is 0 Å². The quantitative estimate of drug-likeness (QED) is 0.729. The molecule has 2 N–H and O–H groups in total. The highest BCUT2D eigenvalue weighted by atomic mass is 35.5. The van der Waals surface area contributed by atoms with E-state index in [-0.39, 0.29) is 0 Å². The Kier molecular flexibility index (Phi) is 7.14. The topological polar surface area (TPSA) is 25.8 Å². The molecule has 2 nitrogen and oxygen atoms in total. The first-order valence-electron chi connectivity index (χ1n) is 8.74. The molecule has 0 radical (unpaired) electrons. The normalized spacial score (nSPS) is 13.8. The Balaban J connectivity index is 1.92. The van der Waals surface area contributed by atoms with Gasteiger partial charge in [-0.2, -0.15) is 0 Å². The maximum absolute atomic E-state index is 5.97. The predicted octanol–water partition coefficient (Wildman–Crippen LogP) is 4.80. The van der Waals surface area contributed by atoms with Crippen molar-refractivity contribution in [3.05, 3.63) is 64.7 Å². The van der Waals surface area contributed by atoms with E-state index in [1.165, 1.54) is 17.5 Å². The van der Waals surface area contributed by atoms with Crippen molar-refractivity contribution in [3.8, 4) is 5.75 Å². The predicted molar refractivity (Wildman–Crippen MR) is 102 cm³/mol. The van der Waals surface area contributed by atoms with Gasteiger partial charge in [0.15, 0.2) is 0 Å². The summed E-state index contributed by atoms with van der Waals surface area (Å²) in [6.07, 6.45) is 1.17. The summed E-state index contributed by atoms with van der Waals surface area (Å²) in [5.74, 6) is 2.12.